The molecule has 2 aliphatic heterocycles. The third-order valence-electron chi connectivity index (χ3n) is 10.1. The van der Waals surface area contributed by atoms with Crippen LogP contribution in [0.25, 0.3) is 0 Å². The van der Waals surface area contributed by atoms with Crippen LogP contribution in [0.1, 0.15) is 44.1 Å². The van der Waals surface area contributed by atoms with Crippen molar-refractivity contribution in [2.75, 3.05) is 32.7 Å². The lowest BCUT2D eigenvalue weighted by Gasteiger charge is -2.58. The number of benzene rings is 1. The molecule has 2 saturated heterocycles. The molecule has 2 aromatic rings. The van der Waals surface area contributed by atoms with Gasteiger partial charge in [0.25, 0.3) is 0 Å². The van der Waals surface area contributed by atoms with Crippen LogP contribution in [0.2, 0.25) is 5.02 Å². The molecule has 3 heterocycles. The van der Waals surface area contributed by atoms with Crippen molar-refractivity contribution in [2.45, 2.75) is 67.4 Å². The van der Waals surface area contributed by atoms with Crippen molar-refractivity contribution < 1.29 is 4.79 Å². The van der Waals surface area contributed by atoms with E-state index in [-0.39, 0.29) is 6.04 Å². The number of hydrogen-bond donors (Lipinski definition) is 0. The number of halogens is 1. The van der Waals surface area contributed by atoms with Crippen molar-refractivity contribution >= 4 is 29.3 Å². The molecule has 4 saturated carbocycles. The van der Waals surface area contributed by atoms with Gasteiger partial charge in [-0.05, 0) is 92.0 Å². The van der Waals surface area contributed by atoms with Gasteiger partial charge in [-0.25, -0.2) is 4.98 Å². The van der Waals surface area contributed by atoms with E-state index in [1.54, 1.807) is 0 Å². The number of aromatic nitrogens is 1. The zero-order valence-corrected chi connectivity index (χ0v) is 23.7. The minimum absolute atomic E-state index is 0.0806. The average molecular weight is 551 g/mol. The van der Waals surface area contributed by atoms with E-state index >= 15 is 0 Å². The van der Waals surface area contributed by atoms with E-state index in [0.717, 1.165) is 85.5 Å². The SMILES string of the molecule is O=C([C@@H]1C[C@H](Sc2ccccn2)CN1Cc1cccc(Cl)c1)N1CCN(C2C3CC4CC(C3)CC2C4)CC1. The van der Waals surface area contributed by atoms with Crippen molar-refractivity contribution in [2.24, 2.45) is 23.7 Å². The molecule has 0 radical (unpaired) electrons. The summed E-state index contributed by atoms with van der Waals surface area (Å²) in [6, 6.07) is 14.9. The minimum Gasteiger partial charge on any atom is -0.339 e. The molecule has 4 aliphatic carbocycles. The Labute approximate surface area is 236 Å². The molecule has 6 aliphatic rings. The van der Waals surface area contributed by atoms with Gasteiger partial charge in [0.1, 0.15) is 0 Å². The van der Waals surface area contributed by atoms with Crippen LogP contribution >= 0.6 is 23.4 Å². The minimum atomic E-state index is -0.0806. The summed E-state index contributed by atoms with van der Waals surface area (Å²) in [5.41, 5.74) is 1.17. The maximum Gasteiger partial charge on any atom is 0.240 e. The molecule has 38 heavy (non-hydrogen) atoms. The van der Waals surface area contributed by atoms with Gasteiger partial charge in [0.2, 0.25) is 5.91 Å². The molecule has 0 unspecified atom stereocenters. The Bertz CT molecular complexity index is 1110. The van der Waals surface area contributed by atoms with E-state index in [9.17, 15) is 4.79 Å². The van der Waals surface area contributed by atoms with Crippen molar-refractivity contribution in [3.63, 3.8) is 0 Å². The molecule has 2 atom stereocenters. The monoisotopic (exact) mass is 550 g/mol. The fourth-order valence-electron chi connectivity index (χ4n) is 8.78. The zero-order valence-electron chi connectivity index (χ0n) is 22.1. The predicted octanol–water partition coefficient (Wildman–Crippen LogP) is 5.44. The fourth-order valence-corrected chi connectivity index (χ4v) is 10.2. The number of thioether (sulfide) groups is 1. The number of hydrogen-bond acceptors (Lipinski definition) is 5. The van der Waals surface area contributed by atoms with Gasteiger partial charge >= 0.3 is 0 Å². The highest BCUT2D eigenvalue weighted by Gasteiger charge is 2.50. The molecule has 1 aromatic carbocycles. The summed E-state index contributed by atoms with van der Waals surface area (Å²) in [5, 5.41) is 2.15. The first-order chi connectivity index (χ1) is 18.6. The van der Waals surface area contributed by atoms with Gasteiger partial charge in [0, 0.05) is 61.8 Å². The summed E-state index contributed by atoms with van der Waals surface area (Å²) in [6.07, 6.45) is 10.1. The first-order valence-electron chi connectivity index (χ1n) is 14.7. The molecule has 7 heteroatoms. The van der Waals surface area contributed by atoms with E-state index in [1.807, 2.05) is 48.3 Å². The molecule has 5 nitrogen and oxygen atoms in total. The topological polar surface area (TPSA) is 39.7 Å². The quantitative estimate of drug-likeness (QED) is 0.479. The van der Waals surface area contributed by atoms with Gasteiger partial charge in [-0.1, -0.05) is 29.8 Å². The van der Waals surface area contributed by atoms with Crippen LogP contribution in [0.15, 0.2) is 53.7 Å². The Hall–Kier alpha value is -1.60. The van der Waals surface area contributed by atoms with E-state index < -0.39 is 0 Å². The number of carbonyl (C=O) groups excluding carboxylic acids is 1. The summed E-state index contributed by atoms with van der Waals surface area (Å²) >= 11 is 8.11. The standard InChI is InChI=1S/C31H39ClN4OS/c32-26-5-3-4-21(17-26)19-36-20-27(38-29-6-1-2-7-33-29)18-28(36)31(37)35-10-8-34(9-11-35)30-24-13-22-12-23(15-24)16-25(30)14-22/h1-7,17,22-25,27-28,30H,8-16,18-20H2/t22?,23?,24?,25?,27-,28-,30?/m0/s1. The van der Waals surface area contributed by atoms with E-state index in [4.69, 9.17) is 11.6 Å². The number of carbonyl (C=O) groups is 1. The van der Waals surface area contributed by atoms with Crippen LogP contribution in [0.5, 0.6) is 0 Å². The fraction of sp³-hybridized carbons (Fsp3) is 0.613. The zero-order chi connectivity index (χ0) is 25.6. The summed E-state index contributed by atoms with van der Waals surface area (Å²) in [5.74, 6) is 4.19. The molecule has 4 bridgehead atoms. The van der Waals surface area contributed by atoms with Gasteiger partial charge in [-0.15, -0.1) is 11.8 Å². The van der Waals surface area contributed by atoms with Gasteiger partial charge in [-0.2, -0.15) is 0 Å². The molecule has 8 rings (SSSR count). The Morgan fingerprint density at radius 3 is 2.37 bits per heavy atom. The van der Waals surface area contributed by atoms with Gasteiger partial charge in [-0.3, -0.25) is 14.6 Å². The highest BCUT2D eigenvalue weighted by molar-refractivity contribution is 7.99. The number of rotatable bonds is 6. The van der Waals surface area contributed by atoms with Crippen LogP contribution in [0.4, 0.5) is 0 Å². The molecular weight excluding hydrogens is 512 g/mol. The van der Waals surface area contributed by atoms with E-state index in [0.29, 0.717) is 11.2 Å². The molecule has 1 amide bonds. The molecule has 0 spiro atoms. The van der Waals surface area contributed by atoms with E-state index in [1.165, 1.54) is 37.7 Å². The summed E-state index contributed by atoms with van der Waals surface area (Å²) < 4.78 is 0. The Morgan fingerprint density at radius 2 is 1.68 bits per heavy atom. The lowest BCUT2D eigenvalue weighted by atomic mass is 9.54. The van der Waals surface area contributed by atoms with E-state index in [2.05, 4.69) is 31.8 Å². The molecule has 1 aromatic heterocycles. The normalized spacial score (nSPS) is 35.2. The van der Waals surface area contributed by atoms with Crippen molar-refractivity contribution in [1.29, 1.82) is 0 Å². The summed E-state index contributed by atoms with van der Waals surface area (Å²) in [4.78, 5) is 25.9. The van der Waals surface area contributed by atoms with Gasteiger partial charge < -0.3 is 4.90 Å². The Balaban J connectivity index is 1.02. The number of likely N-dealkylation sites (tertiary alicyclic amines) is 1. The molecule has 6 fully saturated rings. The predicted molar refractivity (Wildman–Crippen MR) is 153 cm³/mol. The summed E-state index contributed by atoms with van der Waals surface area (Å²) in [6.45, 7) is 5.49. The van der Waals surface area contributed by atoms with Crippen LogP contribution in [0, 0.1) is 23.7 Å². The lowest BCUT2D eigenvalue weighted by molar-refractivity contribution is -0.140. The number of piperazine rings is 1. The highest BCUT2D eigenvalue weighted by atomic mass is 35.5. The third-order valence-corrected chi connectivity index (χ3v) is 11.5. The van der Waals surface area contributed by atoms with Crippen molar-refractivity contribution in [3.05, 3.63) is 59.2 Å². The van der Waals surface area contributed by atoms with Gasteiger partial charge in [0.05, 0.1) is 11.1 Å². The maximum atomic E-state index is 14.0. The Kier molecular flexibility index (Phi) is 7.18. The molecule has 0 N–H and O–H groups in total. The molecule has 202 valence electrons. The van der Waals surface area contributed by atoms with Crippen molar-refractivity contribution in [3.8, 4) is 0 Å². The second kappa shape index (κ2) is 10.8. The van der Waals surface area contributed by atoms with Crippen LogP contribution < -0.4 is 0 Å². The average Bonchev–Trinajstić information content (AvgIpc) is 3.30. The highest BCUT2D eigenvalue weighted by Crippen LogP contribution is 2.55. The molecular formula is C31H39ClN4OS. The van der Waals surface area contributed by atoms with Crippen LogP contribution in [0.3, 0.4) is 0 Å². The Morgan fingerprint density at radius 1 is 0.921 bits per heavy atom. The number of nitrogens with zero attached hydrogens (tertiary/aromatic N) is 4. The first-order valence-corrected chi connectivity index (χ1v) is 15.9. The van der Waals surface area contributed by atoms with Crippen molar-refractivity contribution in [1.82, 2.24) is 19.7 Å². The third kappa shape index (κ3) is 5.14. The maximum absolute atomic E-state index is 14.0. The first kappa shape index (κ1) is 25.4. The van der Waals surface area contributed by atoms with Crippen LogP contribution in [-0.2, 0) is 11.3 Å². The van der Waals surface area contributed by atoms with Crippen LogP contribution in [-0.4, -0.2) is 75.6 Å². The second-order valence-electron chi connectivity index (χ2n) is 12.5. The number of pyridine rings is 1. The van der Waals surface area contributed by atoms with Gasteiger partial charge in [0.15, 0.2) is 0 Å². The number of amides is 1. The lowest BCUT2D eigenvalue weighted by Crippen LogP contribution is -2.61. The smallest absolute Gasteiger partial charge is 0.240 e. The second-order valence-corrected chi connectivity index (χ2v) is 14.3. The summed E-state index contributed by atoms with van der Waals surface area (Å²) in [7, 11) is 0. The largest absolute Gasteiger partial charge is 0.339 e.